The molecule has 6 nitrogen and oxygen atoms in total. The van der Waals surface area contributed by atoms with Gasteiger partial charge in [0.15, 0.2) is 6.61 Å². The van der Waals surface area contributed by atoms with Crippen LogP contribution in [0.1, 0.15) is 11.1 Å². The zero-order valence-electron chi connectivity index (χ0n) is 17.2. The van der Waals surface area contributed by atoms with E-state index in [0.29, 0.717) is 28.2 Å². The minimum absolute atomic E-state index is 0.108. The molecule has 0 aliphatic carbocycles. The van der Waals surface area contributed by atoms with E-state index in [0.717, 1.165) is 11.1 Å². The van der Waals surface area contributed by atoms with Crippen molar-refractivity contribution in [1.29, 1.82) is 0 Å². The molecule has 0 atom stereocenters. The smallest absolute Gasteiger partial charge is 0.262 e. The second kappa shape index (κ2) is 8.75. The van der Waals surface area contributed by atoms with Crippen molar-refractivity contribution >= 4 is 22.6 Å². The van der Waals surface area contributed by atoms with Crippen molar-refractivity contribution in [2.45, 2.75) is 13.8 Å². The third kappa shape index (κ3) is 4.75. The number of aryl methyl sites for hydroxylation is 2. The van der Waals surface area contributed by atoms with Gasteiger partial charge in [0.05, 0.1) is 5.39 Å². The van der Waals surface area contributed by atoms with Crippen molar-refractivity contribution in [2.24, 2.45) is 0 Å². The number of nitrogens with one attached hydrogen (secondary N) is 1. The zero-order chi connectivity index (χ0) is 21.8. The molecule has 0 bridgehead atoms. The predicted molar refractivity (Wildman–Crippen MR) is 119 cm³/mol. The van der Waals surface area contributed by atoms with Gasteiger partial charge in [0.2, 0.25) is 11.2 Å². The van der Waals surface area contributed by atoms with Gasteiger partial charge in [-0.25, -0.2) is 0 Å². The molecule has 1 aromatic heterocycles. The fourth-order valence-electron chi connectivity index (χ4n) is 3.05. The first-order valence-corrected chi connectivity index (χ1v) is 9.78. The highest BCUT2D eigenvalue weighted by Crippen LogP contribution is 2.27. The molecule has 4 aromatic rings. The first-order valence-electron chi connectivity index (χ1n) is 9.78. The van der Waals surface area contributed by atoms with Gasteiger partial charge in [-0.15, -0.1) is 0 Å². The van der Waals surface area contributed by atoms with Crippen LogP contribution < -0.4 is 20.2 Å². The molecule has 0 aliphatic rings. The molecule has 31 heavy (non-hydrogen) atoms. The van der Waals surface area contributed by atoms with Crippen LogP contribution in [0, 0.1) is 13.8 Å². The van der Waals surface area contributed by atoms with Gasteiger partial charge >= 0.3 is 0 Å². The molecule has 0 unspecified atom stereocenters. The number of ether oxygens (including phenoxy) is 2. The molecule has 0 radical (unpaired) electrons. The molecule has 0 fully saturated rings. The van der Waals surface area contributed by atoms with E-state index in [9.17, 15) is 9.59 Å². The van der Waals surface area contributed by atoms with E-state index in [4.69, 9.17) is 13.9 Å². The Labute approximate surface area is 179 Å². The minimum Gasteiger partial charge on any atom is -0.484 e. The van der Waals surface area contributed by atoms with Crippen LogP contribution in [0.15, 0.2) is 82.2 Å². The second-order valence-corrected chi connectivity index (χ2v) is 7.16. The monoisotopic (exact) mass is 415 g/mol. The van der Waals surface area contributed by atoms with E-state index in [-0.39, 0.29) is 23.7 Å². The van der Waals surface area contributed by atoms with Crippen molar-refractivity contribution < 1.29 is 18.7 Å². The summed E-state index contributed by atoms with van der Waals surface area (Å²) in [6, 6.07) is 19.7. The average molecular weight is 415 g/mol. The Balaban J connectivity index is 1.48. The number of para-hydroxylation sites is 1. The number of hydrogen-bond acceptors (Lipinski definition) is 5. The standard InChI is InChI=1S/C25H21NO5/c1-16-8-9-17(2)21(12-16)31-23-14-30-22-13-19(10-11-20(22)25(23)28)29-15-24(27)26-18-6-4-3-5-7-18/h3-14H,15H2,1-2H3,(H,26,27). The summed E-state index contributed by atoms with van der Waals surface area (Å²) < 4.78 is 16.9. The lowest BCUT2D eigenvalue weighted by Gasteiger charge is -2.10. The van der Waals surface area contributed by atoms with Gasteiger partial charge in [-0.3, -0.25) is 9.59 Å². The molecule has 0 spiro atoms. The summed E-state index contributed by atoms with van der Waals surface area (Å²) in [7, 11) is 0. The van der Waals surface area contributed by atoms with Gasteiger partial charge in [0.25, 0.3) is 5.91 Å². The maximum absolute atomic E-state index is 12.8. The van der Waals surface area contributed by atoms with Gasteiger partial charge in [0, 0.05) is 11.8 Å². The molecule has 3 aromatic carbocycles. The summed E-state index contributed by atoms with van der Waals surface area (Å²) in [6.07, 6.45) is 1.29. The maximum atomic E-state index is 12.8. The SMILES string of the molecule is Cc1ccc(C)c(Oc2coc3cc(OCC(=O)Nc4ccccc4)ccc3c2=O)c1. The van der Waals surface area contributed by atoms with Crippen LogP contribution >= 0.6 is 0 Å². The summed E-state index contributed by atoms with van der Waals surface area (Å²) in [5.74, 6) is 0.847. The number of hydrogen-bond donors (Lipinski definition) is 1. The fraction of sp³-hybridized carbons (Fsp3) is 0.120. The van der Waals surface area contributed by atoms with Gasteiger partial charge in [-0.1, -0.05) is 30.3 Å². The molecular formula is C25H21NO5. The quantitative estimate of drug-likeness (QED) is 0.467. The van der Waals surface area contributed by atoms with Crippen LogP contribution in [0.25, 0.3) is 11.0 Å². The minimum atomic E-state index is -0.287. The zero-order valence-corrected chi connectivity index (χ0v) is 17.2. The largest absolute Gasteiger partial charge is 0.484 e. The Bertz CT molecular complexity index is 1290. The Morgan fingerprint density at radius 3 is 2.58 bits per heavy atom. The Kier molecular flexibility index (Phi) is 5.71. The highest BCUT2D eigenvalue weighted by Gasteiger charge is 2.12. The molecule has 1 N–H and O–H groups in total. The lowest BCUT2D eigenvalue weighted by Crippen LogP contribution is -2.20. The number of benzene rings is 3. The van der Waals surface area contributed by atoms with Crippen molar-refractivity contribution in [3.63, 3.8) is 0 Å². The Morgan fingerprint density at radius 1 is 0.968 bits per heavy atom. The highest BCUT2D eigenvalue weighted by atomic mass is 16.5. The first kappa shape index (κ1) is 20.2. The van der Waals surface area contributed by atoms with Gasteiger partial charge in [-0.05, 0) is 55.3 Å². The van der Waals surface area contributed by atoms with Crippen LogP contribution in [0.4, 0.5) is 5.69 Å². The molecule has 156 valence electrons. The van der Waals surface area contributed by atoms with Crippen molar-refractivity contribution in [1.82, 2.24) is 0 Å². The van der Waals surface area contributed by atoms with Gasteiger partial charge in [-0.2, -0.15) is 0 Å². The third-order valence-corrected chi connectivity index (χ3v) is 4.71. The van der Waals surface area contributed by atoms with Crippen LogP contribution in [0.2, 0.25) is 0 Å². The van der Waals surface area contributed by atoms with Crippen molar-refractivity contribution in [3.8, 4) is 17.2 Å². The summed E-state index contributed by atoms with van der Waals surface area (Å²) in [6.45, 7) is 3.70. The Morgan fingerprint density at radius 2 is 1.77 bits per heavy atom. The lowest BCUT2D eigenvalue weighted by molar-refractivity contribution is -0.118. The van der Waals surface area contributed by atoms with Gasteiger partial charge < -0.3 is 19.2 Å². The van der Waals surface area contributed by atoms with Crippen LogP contribution in [0.3, 0.4) is 0 Å². The van der Waals surface area contributed by atoms with E-state index in [2.05, 4.69) is 5.32 Å². The molecule has 1 amide bonds. The average Bonchev–Trinajstić information content (AvgIpc) is 2.77. The number of anilines is 1. The van der Waals surface area contributed by atoms with E-state index in [1.807, 2.05) is 50.2 Å². The number of rotatable bonds is 6. The van der Waals surface area contributed by atoms with E-state index < -0.39 is 0 Å². The molecule has 0 saturated heterocycles. The molecule has 0 aliphatic heterocycles. The number of carbonyl (C=O) groups is 1. The molecule has 6 heteroatoms. The van der Waals surface area contributed by atoms with E-state index in [1.165, 1.54) is 6.26 Å². The molecular weight excluding hydrogens is 394 g/mol. The van der Waals surface area contributed by atoms with Crippen LogP contribution in [0.5, 0.6) is 17.2 Å². The third-order valence-electron chi connectivity index (χ3n) is 4.71. The topological polar surface area (TPSA) is 77.8 Å². The number of carbonyl (C=O) groups excluding carboxylic acids is 1. The fourth-order valence-corrected chi connectivity index (χ4v) is 3.05. The van der Waals surface area contributed by atoms with Crippen molar-refractivity contribution in [3.05, 3.63) is 94.3 Å². The van der Waals surface area contributed by atoms with Crippen LogP contribution in [-0.4, -0.2) is 12.5 Å². The van der Waals surface area contributed by atoms with Gasteiger partial charge in [0.1, 0.15) is 23.3 Å². The summed E-state index contributed by atoms with van der Waals surface area (Å²) in [5, 5.41) is 3.11. The number of fused-ring (bicyclic) bond motifs is 1. The summed E-state index contributed by atoms with van der Waals surface area (Å²) in [4.78, 5) is 24.9. The predicted octanol–water partition coefficient (Wildman–Crippen LogP) is 5.22. The number of amides is 1. The lowest BCUT2D eigenvalue weighted by atomic mass is 10.1. The summed E-state index contributed by atoms with van der Waals surface area (Å²) in [5.41, 5.74) is 2.71. The summed E-state index contributed by atoms with van der Waals surface area (Å²) >= 11 is 0. The first-order chi connectivity index (χ1) is 15.0. The van der Waals surface area contributed by atoms with E-state index >= 15 is 0 Å². The van der Waals surface area contributed by atoms with Crippen molar-refractivity contribution in [2.75, 3.05) is 11.9 Å². The highest BCUT2D eigenvalue weighted by molar-refractivity contribution is 5.91. The maximum Gasteiger partial charge on any atom is 0.262 e. The van der Waals surface area contributed by atoms with E-state index in [1.54, 1.807) is 30.3 Å². The van der Waals surface area contributed by atoms with Crippen LogP contribution in [-0.2, 0) is 4.79 Å². The molecule has 0 saturated carbocycles. The Hall–Kier alpha value is -4.06. The second-order valence-electron chi connectivity index (χ2n) is 7.16. The molecule has 4 rings (SSSR count). The molecule has 1 heterocycles. The normalized spacial score (nSPS) is 10.6.